The van der Waals surface area contributed by atoms with Gasteiger partial charge in [-0.25, -0.2) is 4.39 Å². The van der Waals surface area contributed by atoms with E-state index in [4.69, 9.17) is 4.74 Å². The molecule has 19 heavy (non-hydrogen) atoms. The third-order valence-corrected chi connectivity index (χ3v) is 3.70. The first kappa shape index (κ1) is 14.3. The Morgan fingerprint density at radius 1 is 1.42 bits per heavy atom. The average Bonchev–Trinajstić information content (AvgIpc) is 2.75. The van der Waals surface area contributed by atoms with Crippen LogP contribution in [0.5, 0.6) is 5.75 Å². The number of likely N-dealkylation sites (N-methyl/N-ethyl adjacent to an activating group) is 1. The maximum atomic E-state index is 12.9. The third-order valence-electron chi connectivity index (χ3n) is 3.70. The molecule has 4 heteroatoms. The van der Waals surface area contributed by atoms with Crippen LogP contribution in [-0.4, -0.2) is 42.9 Å². The molecule has 1 aliphatic carbocycles. The molecule has 2 unspecified atom stereocenters. The predicted molar refractivity (Wildman–Crippen MR) is 72.7 cm³/mol. The Balaban J connectivity index is 1.67. The molecule has 0 amide bonds. The molecule has 0 heterocycles. The summed E-state index contributed by atoms with van der Waals surface area (Å²) in [6.45, 7) is 2.20. The summed E-state index contributed by atoms with van der Waals surface area (Å²) in [6, 6.07) is 6.19. The van der Waals surface area contributed by atoms with E-state index in [1.807, 2.05) is 7.05 Å². The van der Waals surface area contributed by atoms with Gasteiger partial charge in [0, 0.05) is 19.2 Å². The Labute approximate surface area is 114 Å². The van der Waals surface area contributed by atoms with Crippen molar-refractivity contribution >= 4 is 0 Å². The first-order valence-corrected chi connectivity index (χ1v) is 6.90. The topological polar surface area (TPSA) is 32.7 Å². The zero-order valence-electron chi connectivity index (χ0n) is 11.4. The lowest BCUT2D eigenvalue weighted by molar-refractivity contribution is 0.105. The molecule has 2 atom stereocenters. The molecule has 1 aliphatic rings. The van der Waals surface area contributed by atoms with E-state index in [-0.39, 0.29) is 11.9 Å². The average molecular weight is 267 g/mol. The van der Waals surface area contributed by atoms with Gasteiger partial charge in [0.25, 0.3) is 0 Å². The van der Waals surface area contributed by atoms with Crippen molar-refractivity contribution in [3.63, 3.8) is 0 Å². The van der Waals surface area contributed by atoms with Crippen molar-refractivity contribution in [3.8, 4) is 5.75 Å². The van der Waals surface area contributed by atoms with Gasteiger partial charge in [0.15, 0.2) is 0 Å². The molecule has 0 spiro atoms. The van der Waals surface area contributed by atoms with Crippen LogP contribution in [0.15, 0.2) is 24.3 Å². The lowest BCUT2D eigenvalue weighted by Gasteiger charge is -2.23. The second kappa shape index (κ2) is 6.87. The SMILES string of the molecule is CN(CCOc1cccc(F)c1)CC1CCCC1O. The number of ether oxygens (including phenoxy) is 1. The fourth-order valence-corrected chi connectivity index (χ4v) is 2.60. The van der Waals surface area contributed by atoms with E-state index in [1.54, 1.807) is 12.1 Å². The van der Waals surface area contributed by atoms with Crippen LogP contribution in [0.25, 0.3) is 0 Å². The second-order valence-electron chi connectivity index (χ2n) is 5.33. The lowest BCUT2D eigenvalue weighted by atomic mass is 10.1. The molecular weight excluding hydrogens is 245 g/mol. The zero-order chi connectivity index (χ0) is 13.7. The number of rotatable bonds is 6. The minimum absolute atomic E-state index is 0.147. The largest absolute Gasteiger partial charge is 0.492 e. The summed E-state index contributed by atoms with van der Waals surface area (Å²) in [5, 5.41) is 9.77. The highest BCUT2D eigenvalue weighted by Gasteiger charge is 2.25. The Morgan fingerprint density at radius 2 is 2.26 bits per heavy atom. The Morgan fingerprint density at radius 3 is 2.95 bits per heavy atom. The van der Waals surface area contributed by atoms with E-state index < -0.39 is 0 Å². The van der Waals surface area contributed by atoms with Crippen molar-refractivity contribution in [1.82, 2.24) is 4.90 Å². The van der Waals surface area contributed by atoms with Crippen molar-refractivity contribution in [3.05, 3.63) is 30.1 Å². The van der Waals surface area contributed by atoms with E-state index in [9.17, 15) is 9.50 Å². The molecule has 0 radical (unpaired) electrons. The number of hydrogen-bond acceptors (Lipinski definition) is 3. The second-order valence-corrected chi connectivity index (χ2v) is 5.33. The standard InChI is InChI=1S/C15H22FNO2/c1-17(11-12-4-2-7-15(12)18)8-9-19-14-6-3-5-13(16)10-14/h3,5-6,10,12,15,18H,2,4,7-9,11H2,1H3. The van der Waals surface area contributed by atoms with Crippen LogP contribution in [0, 0.1) is 11.7 Å². The molecule has 0 aromatic heterocycles. The fourth-order valence-electron chi connectivity index (χ4n) is 2.60. The Hall–Kier alpha value is -1.13. The minimum Gasteiger partial charge on any atom is -0.492 e. The fraction of sp³-hybridized carbons (Fsp3) is 0.600. The van der Waals surface area contributed by atoms with Crippen molar-refractivity contribution in [2.45, 2.75) is 25.4 Å². The van der Waals surface area contributed by atoms with E-state index in [2.05, 4.69) is 4.90 Å². The van der Waals surface area contributed by atoms with Gasteiger partial charge in [0.05, 0.1) is 6.10 Å². The van der Waals surface area contributed by atoms with Gasteiger partial charge in [-0.1, -0.05) is 12.5 Å². The van der Waals surface area contributed by atoms with Crippen LogP contribution in [0.2, 0.25) is 0 Å². The molecular formula is C15H22FNO2. The van der Waals surface area contributed by atoms with Gasteiger partial charge in [0.1, 0.15) is 18.2 Å². The van der Waals surface area contributed by atoms with Crippen molar-refractivity contribution in [2.75, 3.05) is 26.7 Å². The van der Waals surface area contributed by atoms with E-state index >= 15 is 0 Å². The highest BCUT2D eigenvalue weighted by atomic mass is 19.1. The summed E-state index contributed by atoms with van der Waals surface area (Å²) in [4.78, 5) is 2.17. The highest BCUT2D eigenvalue weighted by Crippen LogP contribution is 2.25. The van der Waals surface area contributed by atoms with Crippen molar-refractivity contribution in [1.29, 1.82) is 0 Å². The normalized spacial score (nSPS) is 22.9. The van der Waals surface area contributed by atoms with Gasteiger partial charge >= 0.3 is 0 Å². The van der Waals surface area contributed by atoms with Gasteiger partial charge in [0.2, 0.25) is 0 Å². The highest BCUT2D eigenvalue weighted by molar-refractivity contribution is 5.22. The zero-order valence-corrected chi connectivity index (χ0v) is 11.4. The summed E-state index contributed by atoms with van der Waals surface area (Å²) in [6.07, 6.45) is 3.01. The van der Waals surface area contributed by atoms with Gasteiger partial charge in [-0.05, 0) is 37.9 Å². The van der Waals surface area contributed by atoms with Gasteiger partial charge in [-0.2, -0.15) is 0 Å². The van der Waals surface area contributed by atoms with Gasteiger partial charge in [-0.3, -0.25) is 0 Å². The van der Waals surface area contributed by atoms with E-state index in [0.717, 1.165) is 32.4 Å². The molecule has 0 saturated heterocycles. The molecule has 0 bridgehead atoms. The first-order chi connectivity index (χ1) is 9.15. The maximum Gasteiger partial charge on any atom is 0.126 e. The molecule has 106 valence electrons. The van der Waals surface area contributed by atoms with Crippen LogP contribution in [0.3, 0.4) is 0 Å². The number of aliphatic hydroxyl groups excluding tert-OH is 1. The van der Waals surface area contributed by atoms with E-state index in [0.29, 0.717) is 18.3 Å². The van der Waals surface area contributed by atoms with Crippen LogP contribution in [0.1, 0.15) is 19.3 Å². The molecule has 1 aromatic rings. The van der Waals surface area contributed by atoms with Crippen LogP contribution in [0.4, 0.5) is 4.39 Å². The van der Waals surface area contributed by atoms with Crippen molar-refractivity contribution < 1.29 is 14.2 Å². The number of benzene rings is 1. The monoisotopic (exact) mass is 267 g/mol. The molecule has 0 aliphatic heterocycles. The van der Waals surface area contributed by atoms with Gasteiger partial charge < -0.3 is 14.7 Å². The minimum atomic E-state index is -0.278. The van der Waals surface area contributed by atoms with Crippen molar-refractivity contribution in [2.24, 2.45) is 5.92 Å². The molecule has 1 fully saturated rings. The predicted octanol–water partition coefficient (Wildman–Crippen LogP) is 2.30. The molecule has 3 nitrogen and oxygen atoms in total. The number of nitrogens with zero attached hydrogens (tertiary/aromatic N) is 1. The summed E-state index contributed by atoms with van der Waals surface area (Å²) < 4.78 is 18.5. The lowest BCUT2D eigenvalue weighted by Crippen LogP contribution is -2.32. The molecule has 2 rings (SSSR count). The Kier molecular flexibility index (Phi) is 5.16. The number of hydrogen-bond donors (Lipinski definition) is 1. The third kappa shape index (κ3) is 4.48. The molecule has 1 N–H and O–H groups in total. The van der Waals surface area contributed by atoms with Crippen LogP contribution in [-0.2, 0) is 0 Å². The molecule has 1 saturated carbocycles. The van der Waals surface area contributed by atoms with Crippen LogP contribution >= 0.6 is 0 Å². The Bertz CT molecular complexity index is 399. The quantitative estimate of drug-likeness (QED) is 0.858. The smallest absolute Gasteiger partial charge is 0.126 e. The van der Waals surface area contributed by atoms with Crippen LogP contribution < -0.4 is 4.74 Å². The van der Waals surface area contributed by atoms with Gasteiger partial charge in [-0.15, -0.1) is 0 Å². The number of aliphatic hydroxyl groups is 1. The summed E-state index contributed by atoms with van der Waals surface area (Å²) in [7, 11) is 2.03. The summed E-state index contributed by atoms with van der Waals surface area (Å²) >= 11 is 0. The maximum absolute atomic E-state index is 12.9. The number of halogens is 1. The summed E-state index contributed by atoms with van der Waals surface area (Å²) in [5.41, 5.74) is 0. The first-order valence-electron chi connectivity index (χ1n) is 6.90. The molecule has 1 aromatic carbocycles. The summed E-state index contributed by atoms with van der Waals surface area (Å²) in [5.74, 6) is 0.674. The van der Waals surface area contributed by atoms with E-state index in [1.165, 1.54) is 12.1 Å².